The van der Waals surface area contributed by atoms with Crippen LogP contribution in [0.1, 0.15) is 88.0 Å². The van der Waals surface area contributed by atoms with Crippen molar-refractivity contribution in [2.24, 2.45) is 0 Å². The zero-order chi connectivity index (χ0) is 42.9. The lowest BCUT2D eigenvalue weighted by atomic mass is 9.82. The van der Waals surface area contributed by atoms with Crippen molar-refractivity contribution in [1.82, 2.24) is 29.5 Å². The average Bonchev–Trinajstić information content (AvgIpc) is 3.79. The van der Waals surface area contributed by atoms with Crippen LogP contribution in [0.5, 0.6) is 17.2 Å². The molecular formula is C53H52N7O4+. The van der Waals surface area contributed by atoms with E-state index in [0.29, 0.717) is 19.5 Å². The quantitative estimate of drug-likeness (QED) is 0.0938. The van der Waals surface area contributed by atoms with Crippen LogP contribution < -0.4 is 35.5 Å². The molecule has 0 saturated carbocycles. The molecule has 0 fully saturated rings. The molecule has 2 N–H and O–H groups in total. The molecule has 11 nitrogen and oxygen atoms in total. The second-order valence-corrected chi connectivity index (χ2v) is 18.3. The zero-order valence-electron chi connectivity index (χ0n) is 36.2. The van der Waals surface area contributed by atoms with Gasteiger partial charge in [0.15, 0.2) is 5.43 Å². The van der Waals surface area contributed by atoms with Crippen LogP contribution in [0.2, 0.25) is 0 Å². The van der Waals surface area contributed by atoms with E-state index in [0.717, 1.165) is 158 Å². The molecule has 0 atom stereocenters. The number of nitrogens with one attached hydrogen (secondary N) is 1. The van der Waals surface area contributed by atoms with Gasteiger partial charge in [0.25, 0.3) is 5.91 Å². The highest BCUT2D eigenvalue weighted by molar-refractivity contribution is 5.99. The Bertz CT molecular complexity index is 3210. The standard InChI is InChI=1S/C53H51N7O4/c61-46-21-20-33(47-42-30-34-11-5-23-57-25-8-16-39(48(34)57)51(42)64-52-40-17-9-26-58-24-6-12-35(49(40)58)31-43(47)52)29-41(46)53(63)54-22-10-27-59-32-36(55-56-59)13-7-28-60-44-18-3-1-14-37(44)50(62)38-15-2-4-19-45(38)60/h1-4,14-15,18-21,29-32H,5-13,16-17,22-28H2,(H,54,63)/p+1. The van der Waals surface area contributed by atoms with Gasteiger partial charge in [-0.1, -0.05) is 35.5 Å². The number of carbonyl (C=O) groups is 1. The lowest BCUT2D eigenvalue weighted by Crippen LogP contribution is -2.45. The molecule has 2 aromatic heterocycles. The molecule has 0 bridgehead atoms. The van der Waals surface area contributed by atoms with Crippen LogP contribution in [0.3, 0.4) is 0 Å². The summed E-state index contributed by atoms with van der Waals surface area (Å²) in [5.74, 6) is 1.61. The Labute approximate surface area is 370 Å². The summed E-state index contributed by atoms with van der Waals surface area (Å²) in [6.07, 6.45) is 12.8. The molecule has 322 valence electrons. The van der Waals surface area contributed by atoms with E-state index < -0.39 is 0 Å². The SMILES string of the molecule is O=C(NCCCn1cc(CCCn2c3ccccc3c(=O)c3ccccc32)nn1)c1cc(C2=c3cc4c5c(c3Oc3c2cc2c6c3CCCN6CCC2)CCC[N+]=5CCC4)ccc1O. The predicted molar refractivity (Wildman–Crippen MR) is 249 cm³/mol. The number of benzene rings is 5. The molecule has 12 rings (SSSR count). The largest absolute Gasteiger partial charge is 0.507 e. The lowest BCUT2D eigenvalue weighted by Gasteiger charge is -2.39. The maximum atomic E-state index is 13.9. The highest BCUT2D eigenvalue weighted by Gasteiger charge is 2.36. The van der Waals surface area contributed by atoms with Crippen LogP contribution in [0, 0.1) is 0 Å². The summed E-state index contributed by atoms with van der Waals surface area (Å²) >= 11 is 0. The Morgan fingerprint density at radius 3 is 2.38 bits per heavy atom. The number of aryl methyl sites for hydroxylation is 5. The Balaban J connectivity index is 0.783. The molecule has 11 heteroatoms. The van der Waals surface area contributed by atoms with E-state index in [1.165, 1.54) is 33.3 Å². The Morgan fingerprint density at radius 2 is 1.55 bits per heavy atom. The number of hydrogen-bond acceptors (Lipinski definition) is 7. The maximum Gasteiger partial charge on any atom is 0.255 e. The maximum absolute atomic E-state index is 13.9. The monoisotopic (exact) mass is 850 g/mol. The van der Waals surface area contributed by atoms with Gasteiger partial charge in [-0.05, 0) is 117 Å². The van der Waals surface area contributed by atoms with Gasteiger partial charge >= 0.3 is 0 Å². The second kappa shape index (κ2) is 15.8. The van der Waals surface area contributed by atoms with Crippen molar-refractivity contribution in [3.8, 4) is 17.2 Å². The fraction of sp³-hybridized carbons (Fsp3) is 0.340. The third-order valence-electron chi connectivity index (χ3n) is 14.3. The summed E-state index contributed by atoms with van der Waals surface area (Å²) in [5.41, 5.74) is 13.0. The van der Waals surface area contributed by atoms with Crippen LogP contribution in [0.25, 0.3) is 27.4 Å². The van der Waals surface area contributed by atoms with Crippen LogP contribution >= 0.6 is 0 Å². The van der Waals surface area contributed by atoms with Gasteiger partial charge in [0, 0.05) is 95.7 Å². The molecule has 5 aromatic carbocycles. The summed E-state index contributed by atoms with van der Waals surface area (Å²) in [5, 5.41) is 27.1. The number of fused-ring (bicyclic) bond motifs is 6. The van der Waals surface area contributed by atoms with Gasteiger partial charge in [-0.2, -0.15) is 0 Å². The normalized spacial score (nSPS) is 16.0. The van der Waals surface area contributed by atoms with Gasteiger partial charge in [-0.15, -0.1) is 5.10 Å². The molecular weight excluding hydrogens is 799 g/mol. The number of phenolic OH excluding ortho intramolecular Hbond substituents is 1. The van der Waals surface area contributed by atoms with Crippen molar-refractivity contribution in [2.45, 2.75) is 83.7 Å². The fourth-order valence-corrected chi connectivity index (χ4v) is 11.5. The van der Waals surface area contributed by atoms with E-state index in [1.807, 2.05) is 71.5 Å². The molecule has 0 radical (unpaired) electrons. The van der Waals surface area contributed by atoms with Gasteiger partial charge in [0.2, 0.25) is 5.36 Å². The number of aromatic hydroxyl groups is 1. The first-order valence-corrected chi connectivity index (χ1v) is 23.4. The minimum absolute atomic E-state index is 0.0363. The highest BCUT2D eigenvalue weighted by atomic mass is 16.5. The summed E-state index contributed by atoms with van der Waals surface area (Å²) in [6, 6.07) is 25.9. The van der Waals surface area contributed by atoms with E-state index >= 15 is 0 Å². The number of ether oxygens (including phenoxy) is 1. The van der Waals surface area contributed by atoms with E-state index in [4.69, 9.17) is 4.74 Å². The summed E-state index contributed by atoms with van der Waals surface area (Å²) in [6.45, 7) is 6.11. The molecule has 0 spiro atoms. The van der Waals surface area contributed by atoms with Gasteiger partial charge in [-0.3, -0.25) is 14.3 Å². The molecule has 5 aliphatic rings. The minimum atomic E-state index is -0.304. The third-order valence-corrected chi connectivity index (χ3v) is 14.3. The molecule has 7 heterocycles. The van der Waals surface area contributed by atoms with Gasteiger partial charge < -0.3 is 24.6 Å². The van der Waals surface area contributed by atoms with Crippen molar-refractivity contribution >= 4 is 39.0 Å². The van der Waals surface area contributed by atoms with Gasteiger partial charge in [0.1, 0.15) is 30.3 Å². The van der Waals surface area contributed by atoms with Gasteiger partial charge in [-0.25, -0.2) is 4.58 Å². The van der Waals surface area contributed by atoms with Crippen LogP contribution in [-0.2, 0) is 45.2 Å². The van der Waals surface area contributed by atoms with Crippen LogP contribution in [0.4, 0.5) is 5.69 Å². The lowest BCUT2D eigenvalue weighted by molar-refractivity contribution is 0.0950. The molecule has 1 amide bonds. The zero-order valence-corrected chi connectivity index (χ0v) is 36.2. The average molecular weight is 851 g/mol. The molecule has 0 saturated heterocycles. The summed E-state index contributed by atoms with van der Waals surface area (Å²) < 4.78 is 13.9. The highest BCUT2D eigenvalue weighted by Crippen LogP contribution is 2.48. The van der Waals surface area contributed by atoms with E-state index in [2.05, 4.69) is 41.8 Å². The second-order valence-electron chi connectivity index (χ2n) is 18.3. The molecule has 0 aliphatic carbocycles. The van der Waals surface area contributed by atoms with E-state index in [1.54, 1.807) is 6.07 Å². The van der Waals surface area contributed by atoms with E-state index in [-0.39, 0.29) is 22.6 Å². The number of nitrogens with zero attached hydrogens (tertiary/aromatic N) is 6. The fourth-order valence-electron chi connectivity index (χ4n) is 11.5. The predicted octanol–water partition coefficient (Wildman–Crippen LogP) is 6.34. The molecule has 5 aliphatic heterocycles. The van der Waals surface area contributed by atoms with Gasteiger partial charge in [0.05, 0.1) is 27.9 Å². The van der Waals surface area contributed by atoms with Crippen molar-refractivity contribution in [3.05, 3.63) is 150 Å². The topological polar surface area (TPSA) is 118 Å². The van der Waals surface area contributed by atoms with Crippen molar-refractivity contribution < 1.29 is 14.6 Å². The number of para-hydroxylation sites is 2. The van der Waals surface area contributed by atoms with Crippen LogP contribution in [-0.4, -0.2) is 63.3 Å². The van der Waals surface area contributed by atoms with Crippen LogP contribution in [0.15, 0.2) is 89.9 Å². The number of amides is 1. The Morgan fingerprint density at radius 1 is 0.797 bits per heavy atom. The first-order valence-electron chi connectivity index (χ1n) is 23.4. The first-order chi connectivity index (χ1) is 31.5. The smallest absolute Gasteiger partial charge is 0.255 e. The number of pyridine rings is 1. The number of rotatable bonds is 10. The minimum Gasteiger partial charge on any atom is -0.507 e. The Kier molecular flexibility index (Phi) is 9.60. The van der Waals surface area contributed by atoms with Crippen molar-refractivity contribution in [1.29, 1.82) is 0 Å². The Hall–Kier alpha value is -6.75. The number of carbonyl (C=O) groups excluding carboxylic acids is 1. The van der Waals surface area contributed by atoms with E-state index in [9.17, 15) is 14.7 Å². The molecule has 7 aromatic rings. The third kappa shape index (κ3) is 6.49. The number of hydrogen-bond donors (Lipinski definition) is 2. The molecule has 0 unspecified atom stereocenters. The summed E-state index contributed by atoms with van der Waals surface area (Å²) in [7, 11) is 0. The number of phenols is 1. The van der Waals surface area contributed by atoms with Crippen molar-refractivity contribution in [2.75, 3.05) is 37.6 Å². The molecule has 64 heavy (non-hydrogen) atoms. The number of aromatic nitrogens is 4. The summed E-state index contributed by atoms with van der Waals surface area (Å²) in [4.78, 5) is 29.7. The first kappa shape index (κ1) is 38.9. The number of anilines is 1. The van der Waals surface area contributed by atoms with Crippen molar-refractivity contribution in [3.63, 3.8) is 0 Å².